The van der Waals surface area contributed by atoms with Crippen molar-refractivity contribution >= 4 is 35.2 Å². The number of aromatic carboxylic acids is 1. The van der Waals surface area contributed by atoms with Crippen LogP contribution in [0.2, 0.25) is 0 Å². The fourth-order valence-corrected chi connectivity index (χ4v) is 3.74. The van der Waals surface area contributed by atoms with Crippen molar-refractivity contribution in [3.8, 4) is 0 Å². The van der Waals surface area contributed by atoms with Crippen LogP contribution in [0.25, 0.3) is 0 Å². The Morgan fingerprint density at radius 3 is 2.08 bits per heavy atom. The number of nitrogens with zero attached hydrogens (tertiary/aromatic N) is 4. The number of carboxylic acids is 2. The first-order valence-corrected chi connectivity index (χ1v) is 11.8. The van der Waals surface area contributed by atoms with Gasteiger partial charge in [0.05, 0.1) is 11.3 Å². The Balaban J connectivity index is 0.000000532. The second-order valence-electron chi connectivity index (χ2n) is 8.53. The molecule has 1 fully saturated rings. The molecule has 0 radical (unpaired) electrons. The Bertz CT molecular complexity index is 1300. The number of hydrogen-bond donors (Lipinski definition) is 3. The third-order valence-electron chi connectivity index (χ3n) is 5.73. The van der Waals surface area contributed by atoms with E-state index in [1.54, 1.807) is 42.7 Å². The Morgan fingerprint density at radius 1 is 0.897 bits per heavy atom. The van der Waals surface area contributed by atoms with Gasteiger partial charge in [-0.2, -0.15) is 13.2 Å². The van der Waals surface area contributed by atoms with Crippen molar-refractivity contribution in [3.63, 3.8) is 0 Å². The number of carbonyl (C=O) groups is 3. The van der Waals surface area contributed by atoms with E-state index in [1.165, 1.54) is 0 Å². The highest BCUT2D eigenvalue weighted by Gasteiger charge is 2.38. The zero-order valence-corrected chi connectivity index (χ0v) is 20.9. The number of carbonyl (C=O) groups excluding carboxylic acids is 1. The number of halogens is 3. The molecule has 2 heterocycles. The fourth-order valence-electron chi connectivity index (χ4n) is 3.74. The molecule has 0 unspecified atom stereocenters. The first kappa shape index (κ1) is 28.9. The molecule has 0 spiro atoms. The second-order valence-corrected chi connectivity index (χ2v) is 8.53. The second kappa shape index (κ2) is 12.7. The average molecular weight is 546 g/mol. The summed E-state index contributed by atoms with van der Waals surface area (Å²) in [5, 5.41) is 19.6. The van der Waals surface area contributed by atoms with Gasteiger partial charge in [0.1, 0.15) is 0 Å². The summed E-state index contributed by atoms with van der Waals surface area (Å²) in [6.45, 7) is 5.01. The molecule has 1 amide bonds. The molecule has 0 aliphatic carbocycles. The van der Waals surface area contributed by atoms with E-state index < -0.39 is 18.1 Å². The Kier molecular flexibility index (Phi) is 9.42. The zero-order valence-electron chi connectivity index (χ0n) is 20.9. The van der Waals surface area contributed by atoms with Crippen molar-refractivity contribution in [1.29, 1.82) is 0 Å². The molecule has 1 aromatic heterocycles. The molecule has 1 saturated heterocycles. The number of hydrogen-bond acceptors (Lipinski definition) is 7. The maximum atomic E-state index is 12.6. The first-order chi connectivity index (χ1) is 18.5. The summed E-state index contributed by atoms with van der Waals surface area (Å²) in [5.41, 5.74) is 2.68. The van der Waals surface area contributed by atoms with Crippen LogP contribution in [0, 0.1) is 6.92 Å². The van der Waals surface area contributed by atoms with Gasteiger partial charge in [-0.3, -0.25) is 4.79 Å². The van der Waals surface area contributed by atoms with Crippen molar-refractivity contribution in [2.24, 2.45) is 0 Å². The zero-order chi connectivity index (χ0) is 28.6. The van der Waals surface area contributed by atoms with Crippen LogP contribution >= 0.6 is 0 Å². The predicted octanol–water partition coefficient (Wildman–Crippen LogP) is 4.09. The smallest absolute Gasteiger partial charge is 0.478 e. The summed E-state index contributed by atoms with van der Waals surface area (Å²) in [5.74, 6) is -3.48. The maximum absolute atomic E-state index is 12.6. The van der Waals surface area contributed by atoms with Gasteiger partial charge < -0.3 is 25.3 Å². The van der Waals surface area contributed by atoms with Crippen LogP contribution in [0.4, 0.5) is 30.5 Å². The number of carboxylic acid groups (broad SMARTS) is 2. The quantitative estimate of drug-likeness (QED) is 0.433. The number of nitrogens with one attached hydrogen (secondary N) is 1. The van der Waals surface area contributed by atoms with Crippen molar-refractivity contribution in [2.45, 2.75) is 19.5 Å². The lowest BCUT2D eigenvalue weighted by atomic mass is 10.1. The van der Waals surface area contributed by atoms with Crippen LogP contribution in [0.15, 0.2) is 60.9 Å². The minimum Gasteiger partial charge on any atom is -0.478 e. The largest absolute Gasteiger partial charge is 0.490 e. The summed E-state index contributed by atoms with van der Waals surface area (Å²) < 4.78 is 31.7. The molecule has 3 N–H and O–H groups in total. The number of amides is 1. The van der Waals surface area contributed by atoms with E-state index in [0.29, 0.717) is 18.1 Å². The van der Waals surface area contributed by atoms with Gasteiger partial charge in [0.2, 0.25) is 5.95 Å². The molecule has 0 bridgehead atoms. The van der Waals surface area contributed by atoms with Crippen LogP contribution in [0.5, 0.6) is 0 Å². The maximum Gasteiger partial charge on any atom is 0.490 e. The van der Waals surface area contributed by atoms with Crippen molar-refractivity contribution < 1.29 is 37.8 Å². The monoisotopic (exact) mass is 545 g/mol. The van der Waals surface area contributed by atoms with Crippen LogP contribution in [0.1, 0.15) is 32.7 Å². The lowest BCUT2D eigenvalue weighted by molar-refractivity contribution is -0.192. The van der Waals surface area contributed by atoms with E-state index in [1.807, 2.05) is 25.1 Å². The highest BCUT2D eigenvalue weighted by Crippen LogP contribution is 2.26. The summed E-state index contributed by atoms with van der Waals surface area (Å²) in [6, 6.07) is 14.1. The van der Waals surface area contributed by atoms with Gasteiger partial charge in [-0.25, -0.2) is 19.6 Å². The summed E-state index contributed by atoms with van der Waals surface area (Å²) >= 11 is 0. The van der Waals surface area contributed by atoms with E-state index in [2.05, 4.69) is 25.1 Å². The normalized spacial score (nSPS) is 13.5. The molecule has 1 aliphatic rings. The minimum atomic E-state index is -5.08. The standard InChI is InChI=1S/C24H25N5O3.C2HF3O2/c1-17-4-6-18(7-5-17)22(30)27-21-9-8-19(16-20(21)23(31)32)28-12-3-13-29(15-14-28)24-25-10-2-11-26-24;3-2(4,5)1(6)7/h2,4-11,16H,3,12-15H2,1H3,(H,27,30)(H,31,32);(H,6,7). The molecular weight excluding hydrogens is 519 g/mol. The Hall–Kier alpha value is -4.68. The molecule has 1 aliphatic heterocycles. The van der Waals surface area contributed by atoms with Gasteiger partial charge in [-0.1, -0.05) is 17.7 Å². The highest BCUT2D eigenvalue weighted by molar-refractivity contribution is 6.08. The van der Waals surface area contributed by atoms with Gasteiger partial charge in [-0.05, 0) is 49.7 Å². The van der Waals surface area contributed by atoms with E-state index >= 15 is 0 Å². The van der Waals surface area contributed by atoms with Crippen molar-refractivity contribution in [3.05, 3.63) is 77.6 Å². The first-order valence-electron chi connectivity index (χ1n) is 11.8. The van der Waals surface area contributed by atoms with Crippen molar-refractivity contribution in [1.82, 2.24) is 9.97 Å². The number of rotatable bonds is 5. The van der Waals surface area contributed by atoms with Gasteiger partial charge >= 0.3 is 18.1 Å². The molecular formula is C26H26F3N5O5. The van der Waals surface area contributed by atoms with E-state index in [-0.39, 0.29) is 17.2 Å². The van der Waals surface area contributed by atoms with Gasteiger partial charge in [-0.15, -0.1) is 0 Å². The lowest BCUT2D eigenvalue weighted by Crippen LogP contribution is -2.31. The Morgan fingerprint density at radius 2 is 1.49 bits per heavy atom. The van der Waals surface area contributed by atoms with E-state index in [0.717, 1.165) is 37.3 Å². The summed E-state index contributed by atoms with van der Waals surface area (Å²) in [4.78, 5) is 46.3. The van der Waals surface area contributed by atoms with Crippen LogP contribution in [0.3, 0.4) is 0 Å². The Labute approximate surface area is 221 Å². The molecule has 39 heavy (non-hydrogen) atoms. The van der Waals surface area contributed by atoms with Crippen molar-refractivity contribution in [2.75, 3.05) is 41.3 Å². The van der Waals surface area contributed by atoms with Gasteiger partial charge in [0.25, 0.3) is 5.91 Å². The predicted molar refractivity (Wildman–Crippen MR) is 137 cm³/mol. The topological polar surface area (TPSA) is 136 Å². The molecule has 13 heteroatoms. The number of alkyl halides is 3. The molecule has 0 saturated carbocycles. The molecule has 206 valence electrons. The van der Waals surface area contributed by atoms with E-state index in [9.17, 15) is 27.9 Å². The molecule has 2 aromatic carbocycles. The number of benzene rings is 2. The van der Waals surface area contributed by atoms with Gasteiger partial charge in [0, 0.05) is 49.8 Å². The van der Waals surface area contributed by atoms with Crippen LogP contribution < -0.4 is 15.1 Å². The lowest BCUT2D eigenvalue weighted by Gasteiger charge is -2.24. The molecule has 3 aromatic rings. The molecule has 0 atom stereocenters. The SMILES string of the molecule is Cc1ccc(C(=O)Nc2ccc(N3CCCN(c4ncccn4)CC3)cc2C(=O)O)cc1.O=C(O)C(F)(F)F. The number of aryl methyl sites for hydroxylation is 1. The molecule has 4 rings (SSSR count). The highest BCUT2D eigenvalue weighted by atomic mass is 19.4. The summed E-state index contributed by atoms with van der Waals surface area (Å²) in [6.07, 6.45) is -0.728. The van der Waals surface area contributed by atoms with Gasteiger partial charge in [0.15, 0.2) is 0 Å². The van der Waals surface area contributed by atoms with E-state index in [4.69, 9.17) is 9.90 Å². The minimum absolute atomic E-state index is 0.0652. The van der Waals surface area contributed by atoms with Crippen LogP contribution in [-0.2, 0) is 4.79 Å². The van der Waals surface area contributed by atoms with Crippen LogP contribution in [-0.4, -0.2) is 70.4 Å². The number of aliphatic carboxylic acids is 1. The number of anilines is 3. The third-order valence-corrected chi connectivity index (χ3v) is 5.73. The third kappa shape index (κ3) is 8.15. The summed E-state index contributed by atoms with van der Waals surface area (Å²) in [7, 11) is 0. The number of aromatic nitrogens is 2. The average Bonchev–Trinajstić information content (AvgIpc) is 3.16. The molecule has 10 nitrogen and oxygen atoms in total. The fraction of sp³-hybridized carbons (Fsp3) is 0.269.